The fraction of sp³-hybridized carbons (Fsp3) is 0.400. The van der Waals surface area contributed by atoms with Gasteiger partial charge in [0.15, 0.2) is 0 Å². The van der Waals surface area contributed by atoms with E-state index >= 15 is 0 Å². The summed E-state index contributed by atoms with van der Waals surface area (Å²) in [7, 11) is 12.5. The van der Waals surface area contributed by atoms with Crippen molar-refractivity contribution in [2.75, 3.05) is 68.5 Å². The van der Waals surface area contributed by atoms with Crippen LogP contribution in [-0.4, -0.2) is 42.3 Å². The molecule has 0 saturated carbocycles. The van der Waals surface area contributed by atoms with E-state index in [1.165, 1.54) is 67.1 Å². The third-order valence-corrected chi connectivity index (χ3v) is 10.7. The van der Waals surface area contributed by atoms with Crippen LogP contribution in [0.3, 0.4) is 0 Å². The number of hydrogen-bond acceptors (Lipinski definition) is 5. The molecule has 294 valence electrons. The highest BCUT2D eigenvalue weighted by atomic mass is 15.1. The van der Waals surface area contributed by atoms with Gasteiger partial charge >= 0.3 is 0 Å². The van der Waals surface area contributed by atoms with E-state index in [1.807, 2.05) is 0 Å². The number of anilines is 5. The van der Waals surface area contributed by atoms with Crippen LogP contribution in [0, 0.1) is 0 Å². The van der Waals surface area contributed by atoms with E-state index in [-0.39, 0.29) is 5.92 Å². The second kappa shape index (κ2) is 18.6. The van der Waals surface area contributed by atoms with Gasteiger partial charge < -0.3 is 26.2 Å². The summed E-state index contributed by atoms with van der Waals surface area (Å²) in [5, 5.41) is 0. The molecule has 0 bridgehead atoms. The topological polar surface area (TPSA) is 61.8 Å². The third-order valence-electron chi connectivity index (χ3n) is 10.7. The summed E-state index contributed by atoms with van der Waals surface area (Å²) in [6.07, 6.45) is 0.916. The lowest BCUT2D eigenvalue weighted by atomic mass is 9.85. The average molecular weight is 740 g/mol. The first-order valence-electron chi connectivity index (χ1n) is 20.1. The van der Waals surface area contributed by atoms with Gasteiger partial charge in [-0.3, -0.25) is 0 Å². The molecule has 0 atom stereocenters. The highest BCUT2D eigenvalue weighted by Gasteiger charge is 2.19. The Kier molecular flexibility index (Phi) is 14.5. The predicted octanol–water partition coefficient (Wildman–Crippen LogP) is 12.0. The van der Waals surface area contributed by atoms with Crippen molar-refractivity contribution in [3.05, 3.63) is 147 Å². The number of nitrogen functional groups attached to an aromatic ring is 2. The van der Waals surface area contributed by atoms with Crippen molar-refractivity contribution in [2.45, 2.75) is 91.4 Å². The van der Waals surface area contributed by atoms with Crippen LogP contribution < -0.4 is 26.2 Å². The molecule has 5 aromatic carbocycles. The molecule has 0 saturated heterocycles. The zero-order valence-corrected chi connectivity index (χ0v) is 36.3. The SMILES string of the molecule is CC(C)c1cc(Cc2cc(C(C)C)c(N)c(C(C)C)c2)cc(C(C)C)c1N.CN(C)c1ccc(C(c2ccc(N(C)C)cc2)c2ccc(N(C)C)cc2)cc1. The van der Waals surface area contributed by atoms with Crippen molar-refractivity contribution in [3.8, 4) is 0 Å². The van der Waals surface area contributed by atoms with E-state index in [4.69, 9.17) is 11.5 Å². The molecule has 55 heavy (non-hydrogen) atoms. The van der Waals surface area contributed by atoms with Crippen LogP contribution in [-0.2, 0) is 6.42 Å². The van der Waals surface area contributed by atoms with Crippen molar-refractivity contribution in [1.29, 1.82) is 0 Å². The van der Waals surface area contributed by atoms with Gasteiger partial charge in [0.05, 0.1) is 0 Å². The van der Waals surface area contributed by atoms with Gasteiger partial charge in [-0.25, -0.2) is 0 Å². The summed E-state index contributed by atoms with van der Waals surface area (Å²) in [6.45, 7) is 17.8. The Balaban J connectivity index is 0.000000245. The molecule has 0 fully saturated rings. The Morgan fingerprint density at radius 2 is 0.600 bits per heavy atom. The lowest BCUT2D eigenvalue weighted by Gasteiger charge is -2.22. The molecule has 0 amide bonds. The summed E-state index contributed by atoms with van der Waals surface area (Å²) in [4.78, 5) is 6.41. The van der Waals surface area contributed by atoms with E-state index < -0.39 is 0 Å². The lowest BCUT2D eigenvalue weighted by Crippen LogP contribution is -2.11. The van der Waals surface area contributed by atoms with Crippen LogP contribution >= 0.6 is 0 Å². The van der Waals surface area contributed by atoms with E-state index in [9.17, 15) is 0 Å². The molecule has 5 aromatic rings. The Hall–Kier alpha value is -4.90. The summed E-state index contributed by atoms with van der Waals surface area (Å²) < 4.78 is 0. The van der Waals surface area contributed by atoms with E-state index in [1.54, 1.807) is 0 Å². The molecule has 0 aliphatic rings. The maximum Gasteiger partial charge on any atom is 0.0384 e. The summed E-state index contributed by atoms with van der Waals surface area (Å²) in [5.74, 6) is 1.90. The van der Waals surface area contributed by atoms with E-state index in [0.717, 1.165) is 17.8 Å². The van der Waals surface area contributed by atoms with Gasteiger partial charge in [0.2, 0.25) is 0 Å². The minimum Gasteiger partial charge on any atom is -0.398 e. The second-order valence-corrected chi connectivity index (χ2v) is 17.1. The first-order valence-corrected chi connectivity index (χ1v) is 20.1. The molecular weight excluding hydrogens is 671 g/mol. The molecule has 5 heteroatoms. The molecule has 0 aromatic heterocycles. The minimum absolute atomic E-state index is 0.212. The van der Waals surface area contributed by atoms with Gasteiger partial charge in [0.25, 0.3) is 0 Å². The smallest absolute Gasteiger partial charge is 0.0384 e. The first-order chi connectivity index (χ1) is 25.9. The summed E-state index contributed by atoms with van der Waals surface area (Å²) >= 11 is 0. The lowest BCUT2D eigenvalue weighted by molar-refractivity contribution is 0.829. The molecule has 5 rings (SSSR count). The molecule has 0 spiro atoms. The maximum absolute atomic E-state index is 6.48. The molecule has 0 aliphatic carbocycles. The number of hydrogen-bond donors (Lipinski definition) is 2. The number of nitrogens with two attached hydrogens (primary N) is 2. The Labute approximate surface area is 334 Å². The summed E-state index contributed by atoms with van der Waals surface area (Å²) in [5.41, 5.74) is 30.2. The number of benzene rings is 5. The first kappa shape index (κ1) is 42.8. The highest BCUT2D eigenvalue weighted by molar-refractivity contribution is 5.61. The normalized spacial score (nSPS) is 11.4. The third kappa shape index (κ3) is 10.7. The predicted molar refractivity (Wildman–Crippen MR) is 244 cm³/mol. The molecule has 0 aliphatic heterocycles. The van der Waals surface area contributed by atoms with Crippen molar-refractivity contribution in [2.24, 2.45) is 0 Å². The average Bonchev–Trinajstić information content (AvgIpc) is 3.13. The molecule has 0 unspecified atom stereocenters. The van der Waals surface area contributed by atoms with Gasteiger partial charge in [0.1, 0.15) is 0 Å². The molecular formula is C50H69N5. The minimum atomic E-state index is 0.212. The Morgan fingerprint density at radius 1 is 0.382 bits per heavy atom. The van der Waals surface area contributed by atoms with Crippen molar-refractivity contribution >= 4 is 28.4 Å². The quantitative estimate of drug-likeness (QED) is 0.0985. The van der Waals surface area contributed by atoms with Crippen LogP contribution in [0.1, 0.15) is 135 Å². The van der Waals surface area contributed by atoms with Crippen LogP contribution in [0.15, 0.2) is 97.1 Å². The van der Waals surface area contributed by atoms with Crippen molar-refractivity contribution < 1.29 is 0 Å². The maximum atomic E-state index is 6.48. The largest absolute Gasteiger partial charge is 0.398 e. The van der Waals surface area contributed by atoms with Gasteiger partial charge in [-0.2, -0.15) is 0 Å². The Morgan fingerprint density at radius 3 is 0.782 bits per heavy atom. The van der Waals surface area contributed by atoms with Crippen molar-refractivity contribution in [3.63, 3.8) is 0 Å². The van der Waals surface area contributed by atoms with Crippen molar-refractivity contribution in [1.82, 2.24) is 0 Å². The van der Waals surface area contributed by atoms with Gasteiger partial charge in [-0.1, -0.05) is 116 Å². The molecule has 0 radical (unpaired) electrons. The number of nitrogens with zero attached hydrogens (tertiary/aromatic N) is 3. The molecule has 5 nitrogen and oxygen atoms in total. The standard InChI is InChI=1S/C25H31N3.C25H38N2/c1-26(2)22-13-7-19(8-14-22)25(20-9-15-23(16-10-20)27(3)4)21-11-17-24(18-12-21)28(5)6;1-14(2)20-10-18(11-21(15(3)4)24(20)26)9-19-12-22(16(5)6)25(27)23(13-19)17(7)8/h7-18,25H,1-6H3;10-17H,9,26-27H2,1-8H3. The Bertz CT molecular complexity index is 1720. The van der Waals surface area contributed by atoms with Crippen LogP contribution in [0.5, 0.6) is 0 Å². The fourth-order valence-electron chi connectivity index (χ4n) is 7.35. The second-order valence-electron chi connectivity index (χ2n) is 17.1. The van der Waals surface area contributed by atoms with Crippen LogP contribution in [0.4, 0.5) is 28.4 Å². The molecule has 4 N–H and O–H groups in total. The summed E-state index contributed by atoms with van der Waals surface area (Å²) in [6, 6.07) is 35.9. The monoisotopic (exact) mass is 740 g/mol. The van der Waals surface area contributed by atoms with Gasteiger partial charge in [-0.15, -0.1) is 0 Å². The highest BCUT2D eigenvalue weighted by Crippen LogP contribution is 2.36. The van der Waals surface area contributed by atoms with Gasteiger partial charge in [0, 0.05) is 76.6 Å². The van der Waals surface area contributed by atoms with Crippen LogP contribution in [0.2, 0.25) is 0 Å². The zero-order valence-electron chi connectivity index (χ0n) is 36.3. The fourth-order valence-corrected chi connectivity index (χ4v) is 7.35. The number of rotatable bonds is 12. The zero-order chi connectivity index (χ0) is 40.7. The van der Waals surface area contributed by atoms with E-state index in [2.05, 4.69) is 209 Å². The van der Waals surface area contributed by atoms with E-state index in [0.29, 0.717) is 23.7 Å². The van der Waals surface area contributed by atoms with Crippen LogP contribution in [0.25, 0.3) is 0 Å². The van der Waals surface area contributed by atoms with Gasteiger partial charge in [-0.05, 0) is 117 Å². The molecule has 0 heterocycles.